The summed E-state index contributed by atoms with van der Waals surface area (Å²) in [6.45, 7) is 0. The van der Waals surface area contributed by atoms with Crippen LogP contribution >= 0.6 is 7.37 Å². The van der Waals surface area contributed by atoms with Gasteiger partial charge in [-0.1, -0.05) is 0 Å². The van der Waals surface area contributed by atoms with E-state index in [4.69, 9.17) is 20.4 Å². The van der Waals surface area contributed by atoms with Crippen molar-refractivity contribution in [3.8, 4) is 0 Å². The van der Waals surface area contributed by atoms with Crippen molar-refractivity contribution < 1.29 is 49.1 Å². The van der Waals surface area contributed by atoms with Crippen LogP contribution in [0.3, 0.4) is 0 Å². The van der Waals surface area contributed by atoms with Gasteiger partial charge in [0, 0.05) is 10.6 Å². The molecule has 27 heavy (non-hydrogen) atoms. The average molecular weight is 394 g/mol. The molecule has 0 fully saturated rings. The van der Waals surface area contributed by atoms with Crippen LogP contribution in [0.25, 0.3) is 0 Å². The Kier molecular flexibility index (Phi) is 5.16. The van der Waals surface area contributed by atoms with Crippen LogP contribution in [-0.2, 0) is 4.57 Å². The predicted octanol–water partition coefficient (Wildman–Crippen LogP) is 0.701. The lowest BCUT2D eigenvalue weighted by atomic mass is 10.1. The summed E-state index contributed by atoms with van der Waals surface area (Å²) in [6.07, 6.45) is 0. The molecule has 2 aromatic carbocycles. The van der Waals surface area contributed by atoms with Crippen LogP contribution in [0.1, 0.15) is 41.4 Å². The summed E-state index contributed by atoms with van der Waals surface area (Å²) in [5.41, 5.74) is -2.31. The highest BCUT2D eigenvalue weighted by molar-refractivity contribution is 7.73. The van der Waals surface area contributed by atoms with Gasteiger partial charge in [-0.25, -0.2) is 19.2 Å². The fraction of sp³-hybridized carbons (Fsp3) is 0. The average Bonchev–Trinajstić information content (AvgIpc) is 2.60. The highest BCUT2D eigenvalue weighted by atomic mass is 31.2. The molecule has 2 aromatic rings. The molecule has 0 amide bonds. The molecule has 0 atom stereocenters. The smallest absolute Gasteiger partial charge is 0.335 e. The van der Waals surface area contributed by atoms with E-state index in [-0.39, 0.29) is 0 Å². The van der Waals surface area contributed by atoms with Crippen LogP contribution in [0, 0.1) is 0 Å². The lowest BCUT2D eigenvalue weighted by Gasteiger charge is -2.15. The number of aromatic carboxylic acids is 4. The Morgan fingerprint density at radius 3 is 0.963 bits per heavy atom. The number of carboxylic acid groups (broad SMARTS) is 4. The molecule has 0 unspecified atom stereocenters. The minimum Gasteiger partial charge on any atom is -0.478 e. The summed E-state index contributed by atoms with van der Waals surface area (Å²) in [5, 5.41) is 35.1. The van der Waals surface area contributed by atoms with Crippen LogP contribution < -0.4 is 10.6 Å². The van der Waals surface area contributed by atoms with Crippen LogP contribution in [0.5, 0.6) is 0 Å². The molecule has 0 aliphatic carbocycles. The first kappa shape index (κ1) is 19.8. The first-order valence-electron chi connectivity index (χ1n) is 7.00. The van der Waals surface area contributed by atoms with Gasteiger partial charge in [0.25, 0.3) is 7.37 Å². The number of hydrogen-bond acceptors (Lipinski definition) is 5. The van der Waals surface area contributed by atoms with Gasteiger partial charge in [0.2, 0.25) is 0 Å². The molecule has 0 saturated heterocycles. The molecule has 10 nitrogen and oxygen atoms in total. The Morgan fingerprint density at radius 1 is 0.556 bits per heavy atom. The molecule has 0 spiro atoms. The number of carboxylic acids is 4. The van der Waals surface area contributed by atoms with Gasteiger partial charge >= 0.3 is 23.9 Å². The molecule has 0 heterocycles. The fourth-order valence-electron chi connectivity index (χ4n) is 2.22. The third-order valence-electron chi connectivity index (χ3n) is 3.52. The standard InChI is InChI=1S/C16H11O10P/c17-13(18)7-1-8(14(19)20)4-11(3-7)27(25,26)12-5-9(15(21)22)2-10(6-12)16(23)24/h1-6H,(H,17,18)(H,19,20)(H,21,22)(H,23,24)(H,25,26). The molecule has 0 radical (unpaired) electrons. The van der Waals surface area contributed by atoms with Crippen LogP contribution in [0.4, 0.5) is 0 Å². The summed E-state index contributed by atoms with van der Waals surface area (Å²) in [4.78, 5) is 55.1. The quantitative estimate of drug-likeness (QED) is 0.436. The zero-order chi connectivity index (χ0) is 20.5. The molecule has 0 aromatic heterocycles. The van der Waals surface area contributed by atoms with Gasteiger partial charge in [-0.2, -0.15) is 0 Å². The maximum Gasteiger partial charge on any atom is 0.335 e. The molecule has 0 bridgehead atoms. The van der Waals surface area contributed by atoms with Gasteiger partial charge in [-0.15, -0.1) is 0 Å². The summed E-state index contributed by atoms with van der Waals surface area (Å²) in [6, 6.07) is 4.63. The fourth-order valence-corrected chi connectivity index (χ4v) is 3.77. The number of benzene rings is 2. The SMILES string of the molecule is O=C(O)c1cc(C(=O)O)cc(P(=O)(O)c2cc(C(=O)O)cc(C(=O)O)c2)c1. The van der Waals surface area contributed by atoms with Crippen molar-refractivity contribution >= 4 is 41.9 Å². The van der Waals surface area contributed by atoms with Gasteiger partial charge in [0.05, 0.1) is 22.3 Å². The Balaban J connectivity index is 2.77. The van der Waals surface area contributed by atoms with Crippen LogP contribution in [-0.4, -0.2) is 49.2 Å². The molecule has 140 valence electrons. The highest BCUT2D eigenvalue weighted by Crippen LogP contribution is 2.39. The van der Waals surface area contributed by atoms with Gasteiger partial charge in [-0.3, -0.25) is 4.57 Å². The predicted molar refractivity (Wildman–Crippen MR) is 89.8 cm³/mol. The van der Waals surface area contributed by atoms with E-state index in [1.165, 1.54) is 0 Å². The Morgan fingerprint density at radius 2 is 0.778 bits per heavy atom. The van der Waals surface area contributed by atoms with Gasteiger partial charge in [0.15, 0.2) is 0 Å². The van der Waals surface area contributed by atoms with E-state index >= 15 is 0 Å². The van der Waals surface area contributed by atoms with Crippen LogP contribution in [0.2, 0.25) is 0 Å². The molecular formula is C16H11O10P. The van der Waals surface area contributed by atoms with E-state index < -0.39 is 64.1 Å². The lowest BCUT2D eigenvalue weighted by molar-refractivity contribution is 0.0676. The monoisotopic (exact) mass is 394 g/mol. The van der Waals surface area contributed by atoms with Crippen molar-refractivity contribution in [3.05, 3.63) is 58.7 Å². The molecular weight excluding hydrogens is 383 g/mol. The second-order valence-electron chi connectivity index (χ2n) is 5.33. The van der Waals surface area contributed by atoms with E-state index in [1.54, 1.807) is 0 Å². The summed E-state index contributed by atoms with van der Waals surface area (Å²) >= 11 is 0. The minimum absolute atomic E-state index is 0.577. The normalized spacial score (nSPS) is 11.0. The minimum atomic E-state index is -4.72. The zero-order valence-electron chi connectivity index (χ0n) is 13.2. The molecule has 0 aliphatic heterocycles. The van der Waals surface area contributed by atoms with E-state index in [0.29, 0.717) is 0 Å². The Labute approximate surface area is 150 Å². The lowest BCUT2D eigenvalue weighted by Crippen LogP contribution is -2.21. The number of carbonyl (C=O) groups is 4. The van der Waals surface area contributed by atoms with Crippen molar-refractivity contribution in [3.63, 3.8) is 0 Å². The second-order valence-corrected chi connectivity index (χ2v) is 7.52. The third-order valence-corrected chi connectivity index (χ3v) is 5.44. The third kappa shape index (κ3) is 4.02. The molecule has 0 saturated carbocycles. The van der Waals surface area contributed by atoms with E-state index in [0.717, 1.165) is 36.4 Å². The Bertz CT molecular complexity index is 895. The molecule has 5 N–H and O–H groups in total. The van der Waals surface area contributed by atoms with Gasteiger partial charge in [0.1, 0.15) is 0 Å². The van der Waals surface area contributed by atoms with Crippen molar-refractivity contribution in [1.29, 1.82) is 0 Å². The summed E-state index contributed by atoms with van der Waals surface area (Å²) in [7, 11) is -4.72. The number of rotatable bonds is 6. The molecule has 2 rings (SSSR count). The molecule has 11 heteroatoms. The highest BCUT2D eigenvalue weighted by Gasteiger charge is 2.29. The zero-order valence-corrected chi connectivity index (χ0v) is 14.1. The maximum absolute atomic E-state index is 12.9. The maximum atomic E-state index is 12.9. The largest absolute Gasteiger partial charge is 0.478 e. The second kappa shape index (κ2) is 7.02. The first-order valence-corrected chi connectivity index (χ1v) is 8.66. The van der Waals surface area contributed by atoms with Crippen molar-refractivity contribution in [2.45, 2.75) is 0 Å². The van der Waals surface area contributed by atoms with Gasteiger partial charge < -0.3 is 25.3 Å². The Hall–Kier alpha value is -3.49. The molecule has 0 aliphatic rings. The summed E-state index contributed by atoms with van der Waals surface area (Å²) in [5.74, 6) is -6.20. The van der Waals surface area contributed by atoms with Crippen molar-refractivity contribution in [2.24, 2.45) is 0 Å². The topological polar surface area (TPSA) is 186 Å². The van der Waals surface area contributed by atoms with Crippen molar-refractivity contribution in [1.82, 2.24) is 0 Å². The van der Waals surface area contributed by atoms with Gasteiger partial charge in [-0.05, 0) is 36.4 Å². The van der Waals surface area contributed by atoms with Crippen molar-refractivity contribution in [2.75, 3.05) is 0 Å². The van der Waals surface area contributed by atoms with E-state index in [1.807, 2.05) is 0 Å². The van der Waals surface area contributed by atoms with E-state index in [2.05, 4.69) is 0 Å². The first-order chi connectivity index (χ1) is 12.4. The van der Waals surface area contributed by atoms with Crippen LogP contribution in [0.15, 0.2) is 36.4 Å². The number of hydrogen-bond donors (Lipinski definition) is 5. The summed E-state index contributed by atoms with van der Waals surface area (Å²) < 4.78 is 12.9. The van der Waals surface area contributed by atoms with E-state index in [9.17, 15) is 28.6 Å².